The number of nitrogens with zero attached hydrogens (tertiary/aromatic N) is 3. The van der Waals surface area contributed by atoms with Gasteiger partial charge in [-0.15, -0.1) is 23.1 Å². The molecule has 12 nitrogen and oxygen atoms in total. The molecule has 0 aromatic carbocycles. The number of thioether (sulfide) groups is 1. The second-order valence-corrected chi connectivity index (χ2v) is 8.65. The van der Waals surface area contributed by atoms with Crippen LogP contribution in [0.4, 0.5) is 5.13 Å². The number of carbonyl (C=O) groups excluding carboxylic acids is 3. The summed E-state index contributed by atoms with van der Waals surface area (Å²) >= 11 is 2.38. The summed E-state index contributed by atoms with van der Waals surface area (Å²) in [4.78, 5) is 58.3. The molecular formula is C17H17N5O7S2. The molecule has 2 atom stereocenters. The van der Waals surface area contributed by atoms with E-state index in [0.29, 0.717) is 6.41 Å². The van der Waals surface area contributed by atoms with E-state index < -0.39 is 29.2 Å². The van der Waals surface area contributed by atoms with Gasteiger partial charge in [-0.1, -0.05) is 5.16 Å². The summed E-state index contributed by atoms with van der Waals surface area (Å²) in [5, 5.41) is 19.6. The first-order valence-electron chi connectivity index (χ1n) is 9.10. The third-order valence-electron chi connectivity index (χ3n) is 4.63. The van der Waals surface area contributed by atoms with Crippen LogP contribution in [0.25, 0.3) is 0 Å². The van der Waals surface area contributed by atoms with Crippen LogP contribution in [0, 0.1) is 0 Å². The highest BCUT2D eigenvalue weighted by Crippen LogP contribution is 2.40. The summed E-state index contributed by atoms with van der Waals surface area (Å²) in [6.07, 6.45) is 2.05. The van der Waals surface area contributed by atoms with E-state index in [9.17, 15) is 24.3 Å². The summed E-state index contributed by atoms with van der Waals surface area (Å²) in [5.41, 5.74) is -0.183. The van der Waals surface area contributed by atoms with Crippen LogP contribution in [-0.4, -0.2) is 75.3 Å². The summed E-state index contributed by atoms with van der Waals surface area (Å²) in [6.45, 7) is 0. The zero-order valence-electron chi connectivity index (χ0n) is 16.1. The van der Waals surface area contributed by atoms with Crippen LogP contribution >= 0.6 is 23.1 Å². The number of carboxylic acids is 1. The number of oxime groups is 1. The number of ether oxygens (including phenoxy) is 1. The van der Waals surface area contributed by atoms with E-state index in [0.717, 1.165) is 29.1 Å². The first kappa shape index (κ1) is 21.1. The van der Waals surface area contributed by atoms with Crippen LogP contribution in [0.1, 0.15) is 18.5 Å². The van der Waals surface area contributed by atoms with Crippen molar-refractivity contribution < 1.29 is 33.9 Å². The van der Waals surface area contributed by atoms with Crippen molar-refractivity contribution >= 4 is 58.1 Å². The minimum Gasteiger partial charge on any atom is -0.498 e. The van der Waals surface area contributed by atoms with Crippen molar-refractivity contribution in [3.8, 4) is 0 Å². The second-order valence-electron chi connectivity index (χ2n) is 6.69. The molecule has 1 saturated carbocycles. The molecule has 3 N–H and O–H groups in total. The molecule has 1 aromatic heterocycles. The number of hydrogen-bond acceptors (Lipinski definition) is 10. The number of aliphatic carboxylic acids is 1. The van der Waals surface area contributed by atoms with E-state index in [2.05, 4.69) is 20.8 Å². The fraction of sp³-hybridized carbons (Fsp3) is 0.412. The Morgan fingerprint density at radius 3 is 2.84 bits per heavy atom. The Morgan fingerprint density at radius 1 is 1.42 bits per heavy atom. The molecule has 2 aliphatic heterocycles. The van der Waals surface area contributed by atoms with Gasteiger partial charge in [-0.25, -0.2) is 9.78 Å². The number of hydrogen-bond donors (Lipinski definition) is 3. The fourth-order valence-corrected chi connectivity index (χ4v) is 4.93. The molecule has 4 rings (SSSR count). The molecular weight excluding hydrogens is 450 g/mol. The van der Waals surface area contributed by atoms with Crippen molar-refractivity contribution in [1.82, 2.24) is 15.2 Å². The lowest BCUT2D eigenvalue weighted by Gasteiger charge is -2.48. The van der Waals surface area contributed by atoms with Crippen molar-refractivity contribution in [3.63, 3.8) is 0 Å². The molecule has 2 fully saturated rings. The monoisotopic (exact) mass is 467 g/mol. The Bertz CT molecular complexity index is 1000. The lowest BCUT2D eigenvalue weighted by atomic mass is 10.0. The Kier molecular flexibility index (Phi) is 5.82. The van der Waals surface area contributed by atoms with E-state index in [1.807, 2.05) is 0 Å². The van der Waals surface area contributed by atoms with Gasteiger partial charge in [0.05, 0.1) is 12.9 Å². The molecule has 0 bridgehead atoms. The molecule has 1 aromatic rings. The standard InChI is InChI=1S/C17H17N5O7S2/c1-28-9-5-30-15-11(14(25)22(15)12(9)16(26)27)20-13(24)10(21-29-7-2-3-7)8-4-31-17(19-8)18-6-23/h4,6-7,11,15H,2-3,5H2,1H3,(H,20,24)(H,26,27)(H,18,19,23)/t11-,15+/m1/s1. The number of amides is 3. The maximum Gasteiger partial charge on any atom is 0.356 e. The van der Waals surface area contributed by atoms with Crippen molar-refractivity contribution in [3.05, 3.63) is 22.5 Å². The van der Waals surface area contributed by atoms with Crippen molar-refractivity contribution in [2.45, 2.75) is 30.4 Å². The van der Waals surface area contributed by atoms with Crippen molar-refractivity contribution in [2.24, 2.45) is 5.16 Å². The van der Waals surface area contributed by atoms with Crippen LogP contribution < -0.4 is 10.6 Å². The number of rotatable bonds is 9. The lowest BCUT2D eigenvalue weighted by molar-refractivity contribution is -0.150. The van der Waals surface area contributed by atoms with Crippen LogP contribution in [0.3, 0.4) is 0 Å². The smallest absolute Gasteiger partial charge is 0.356 e. The topological polar surface area (TPSA) is 160 Å². The van der Waals surface area contributed by atoms with Gasteiger partial charge in [-0.05, 0) is 12.8 Å². The molecule has 0 spiro atoms. The SMILES string of the molecule is COC1=C(C(=O)O)N2C(=O)[C@@H](NC(=O)C(=NOC3CC3)c3csc(NC=O)n3)[C@@H]2SC1. The minimum absolute atomic E-state index is 0.0699. The number of nitrogens with one attached hydrogen (secondary N) is 2. The van der Waals surface area contributed by atoms with E-state index in [1.165, 1.54) is 24.3 Å². The highest BCUT2D eigenvalue weighted by atomic mass is 32.2. The highest BCUT2D eigenvalue weighted by Gasteiger charge is 2.55. The molecule has 0 radical (unpaired) electrons. The third kappa shape index (κ3) is 4.07. The van der Waals surface area contributed by atoms with E-state index in [-0.39, 0.29) is 39.9 Å². The summed E-state index contributed by atoms with van der Waals surface area (Å²) in [6, 6.07) is -0.942. The van der Waals surface area contributed by atoms with Gasteiger partial charge in [0.15, 0.2) is 16.5 Å². The molecule has 3 heterocycles. The highest BCUT2D eigenvalue weighted by molar-refractivity contribution is 8.00. The molecule has 3 aliphatic rings. The van der Waals surface area contributed by atoms with Gasteiger partial charge in [0.2, 0.25) is 6.41 Å². The largest absolute Gasteiger partial charge is 0.498 e. The lowest BCUT2D eigenvalue weighted by Crippen LogP contribution is -2.71. The molecule has 31 heavy (non-hydrogen) atoms. The summed E-state index contributed by atoms with van der Waals surface area (Å²) < 4.78 is 5.08. The molecule has 14 heteroatoms. The number of aromatic nitrogens is 1. The zero-order chi connectivity index (χ0) is 22.1. The molecule has 3 amide bonds. The number of methoxy groups -OCH3 is 1. The van der Waals surface area contributed by atoms with Gasteiger partial charge in [0.25, 0.3) is 11.8 Å². The van der Waals surface area contributed by atoms with E-state index in [1.54, 1.807) is 0 Å². The Morgan fingerprint density at radius 2 is 2.19 bits per heavy atom. The zero-order valence-corrected chi connectivity index (χ0v) is 17.7. The van der Waals surface area contributed by atoms with E-state index >= 15 is 0 Å². The number of anilines is 1. The van der Waals surface area contributed by atoms with Crippen molar-refractivity contribution in [2.75, 3.05) is 18.2 Å². The van der Waals surface area contributed by atoms with Crippen LogP contribution in [-0.2, 0) is 28.8 Å². The first-order chi connectivity index (χ1) is 14.9. The van der Waals surface area contributed by atoms with Gasteiger partial charge in [-0.2, -0.15) is 0 Å². The Hall–Kier alpha value is -3.13. The third-order valence-corrected chi connectivity index (χ3v) is 6.66. The number of thiazole rings is 1. The van der Waals surface area contributed by atoms with E-state index in [4.69, 9.17) is 9.57 Å². The predicted molar refractivity (Wildman–Crippen MR) is 109 cm³/mol. The molecule has 1 aliphatic carbocycles. The number of fused-ring (bicyclic) bond motifs is 1. The van der Waals surface area contributed by atoms with Gasteiger partial charge < -0.3 is 25.3 Å². The number of β-lactam (4-membered cyclic amide) rings is 1. The Balaban J connectivity index is 1.52. The average Bonchev–Trinajstić information content (AvgIpc) is 3.48. The molecule has 0 unspecified atom stereocenters. The van der Waals surface area contributed by atoms with Gasteiger partial charge >= 0.3 is 5.97 Å². The number of carboxylic acid groups (broad SMARTS) is 1. The van der Waals surface area contributed by atoms with Crippen molar-refractivity contribution in [1.29, 1.82) is 0 Å². The van der Waals surface area contributed by atoms with Gasteiger partial charge in [0, 0.05) is 5.38 Å². The van der Waals surface area contributed by atoms with Crippen LogP contribution in [0.5, 0.6) is 0 Å². The quantitative estimate of drug-likeness (QED) is 0.196. The summed E-state index contributed by atoms with van der Waals surface area (Å²) in [5.74, 6) is -2.11. The second kappa shape index (κ2) is 8.55. The van der Waals surface area contributed by atoms with Crippen LogP contribution in [0.2, 0.25) is 0 Å². The Labute approximate surface area is 183 Å². The molecule has 1 saturated heterocycles. The fourth-order valence-electron chi connectivity index (χ4n) is 2.96. The first-order valence-corrected chi connectivity index (χ1v) is 11.0. The normalized spacial score (nSPS) is 22.9. The molecule has 164 valence electrons. The van der Waals surface area contributed by atoms with Crippen LogP contribution in [0.15, 0.2) is 22.0 Å². The van der Waals surface area contributed by atoms with Gasteiger partial charge in [0.1, 0.15) is 29.0 Å². The average molecular weight is 467 g/mol. The summed E-state index contributed by atoms with van der Waals surface area (Å²) in [7, 11) is 1.34. The maximum absolute atomic E-state index is 12.9. The maximum atomic E-state index is 12.9. The minimum atomic E-state index is -1.28. The van der Waals surface area contributed by atoms with Gasteiger partial charge in [-0.3, -0.25) is 19.3 Å². The number of carbonyl (C=O) groups is 4. The predicted octanol–water partition coefficient (Wildman–Crippen LogP) is -0.0630.